The van der Waals surface area contributed by atoms with E-state index in [0.29, 0.717) is 22.8 Å². The van der Waals surface area contributed by atoms with Crippen LogP contribution in [-0.4, -0.2) is 24.3 Å². The van der Waals surface area contributed by atoms with E-state index < -0.39 is 0 Å². The Kier molecular flexibility index (Phi) is 6.06. The van der Waals surface area contributed by atoms with Gasteiger partial charge in [0.2, 0.25) is 0 Å². The molecule has 1 rings (SSSR count). The van der Waals surface area contributed by atoms with Gasteiger partial charge in [-0.25, -0.2) is 4.79 Å². The van der Waals surface area contributed by atoms with Crippen molar-refractivity contribution in [2.24, 2.45) is 0 Å². The highest BCUT2D eigenvalue weighted by molar-refractivity contribution is 6.33. The van der Waals surface area contributed by atoms with Crippen molar-refractivity contribution in [1.29, 1.82) is 0 Å². The molecule has 0 radical (unpaired) electrons. The Morgan fingerprint density at radius 1 is 1.50 bits per heavy atom. The molecule has 0 aromatic heterocycles. The van der Waals surface area contributed by atoms with Gasteiger partial charge in [-0.3, -0.25) is 0 Å². The van der Waals surface area contributed by atoms with Crippen molar-refractivity contribution in [3.05, 3.63) is 28.8 Å². The average molecular weight is 267 g/mol. The summed E-state index contributed by atoms with van der Waals surface area (Å²) in [7, 11) is 0. The second-order valence-electron chi connectivity index (χ2n) is 3.54. The van der Waals surface area contributed by atoms with Crippen molar-refractivity contribution in [1.82, 2.24) is 5.32 Å². The molecule has 3 N–H and O–H groups in total. The predicted octanol–water partition coefficient (Wildman–Crippen LogP) is 2.22. The summed E-state index contributed by atoms with van der Waals surface area (Å²) < 4.78 is 0. The molecule has 18 heavy (non-hydrogen) atoms. The summed E-state index contributed by atoms with van der Waals surface area (Å²) in [4.78, 5) is 11.5. The lowest BCUT2D eigenvalue weighted by molar-refractivity contribution is 0.252. The molecular formula is C13H15ClN2O2. The van der Waals surface area contributed by atoms with Crippen LogP contribution in [0.4, 0.5) is 10.5 Å². The summed E-state index contributed by atoms with van der Waals surface area (Å²) in [5.41, 5.74) is 1.18. The minimum absolute atomic E-state index is 0.206. The molecule has 0 bridgehead atoms. The first-order valence-corrected chi connectivity index (χ1v) is 5.99. The molecule has 1 aromatic carbocycles. The number of hydrogen-bond acceptors (Lipinski definition) is 2. The molecule has 96 valence electrons. The zero-order valence-corrected chi connectivity index (χ0v) is 10.8. The highest BCUT2D eigenvalue weighted by Gasteiger charge is 2.05. The summed E-state index contributed by atoms with van der Waals surface area (Å²) in [6.07, 6.45) is 0.864. The van der Waals surface area contributed by atoms with E-state index in [1.54, 1.807) is 18.2 Å². The van der Waals surface area contributed by atoms with Gasteiger partial charge in [0.15, 0.2) is 0 Å². The van der Waals surface area contributed by atoms with Gasteiger partial charge >= 0.3 is 6.03 Å². The topological polar surface area (TPSA) is 61.4 Å². The Balaban J connectivity index is 2.77. The summed E-state index contributed by atoms with van der Waals surface area (Å²) in [6, 6.07) is 4.74. The number of halogens is 1. The maximum Gasteiger partial charge on any atom is 0.319 e. The zero-order chi connectivity index (χ0) is 13.4. The molecule has 0 atom stereocenters. The van der Waals surface area contributed by atoms with E-state index in [2.05, 4.69) is 22.5 Å². The number of urea groups is 1. The van der Waals surface area contributed by atoms with Crippen LogP contribution in [-0.2, 0) is 0 Å². The van der Waals surface area contributed by atoms with Crippen LogP contribution in [0, 0.1) is 11.8 Å². The molecular weight excluding hydrogens is 252 g/mol. The second kappa shape index (κ2) is 7.59. The first-order valence-electron chi connectivity index (χ1n) is 5.61. The van der Waals surface area contributed by atoms with Gasteiger partial charge in [-0.05, 0) is 24.6 Å². The normalized spacial score (nSPS) is 9.28. The van der Waals surface area contributed by atoms with Gasteiger partial charge in [0.25, 0.3) is 0 Å². The Labute approximate surface area is 111 Å². The highest BCUT2D eigenvalue weighted by atomic mass is 35.5. The summed E-state index contributed by atoms with van der Waals surface area (Å²) in [5.74, 6) is 5.28. The highest BCUT2D eigenvalue weighted by Crippen LogP contribution is 2.22. The van der Waals surface area contributed by atoms with Crippen molar-refractivity contribution in [2.75, 3.05) is 18.5 Å². The van der Waals surface area contributed by atoms with Crippen molar-refractivity contribution in [3.8, 4) is 11.8 Å². The first kappa shape index (κ1) is 14.4. The average Bonchev–Trinajstić information content (AvgIpc) is 2.37. The first-order chi connectivity index (χ1) is 8.67. The largest absolute Gasteiger partial charge is 0.384 e. The van der Waals surface area contributed by atoms with E-state index >= 15 is 0 Å². The van der Waals surface area contributed by atoms with Gasteiger partial charge in [-0.2, -0.15) is 0 Å². The molecule has 0 saturated heterocycles. The number of anilines is 1. The number of amides is 2. The fraction of sp³-hybridized carbons (Fsp3) is 0.308. The molecule has 4 nitrogen and oxygen atoms in total. The molecule has 0 saturated carbocycles. The molecule has 5 heteroatoms. The molecule has 0 spiro atoms. The number of aliphatic hydroxyl groups excluding tert-OH is 1. The van der Waals surface area contributed by atoms with Gasteiger partial charge in [-0.1, -0.05) is 30.4 Å². The summed E-state index contributed by atoms with van der Waals surface area (Å²) in [5, 5.41) is 14.4. The van der Waals surface area contributed by atoms with Crippen LogP contribution >= 0.6 is 11.6 Å². The van der Waals surface area contributed by atoms with E-state index in [1.165, 1.54) is 0 Å². The lowest BCUT2D eigenvalue weighted by Crippen LogP contribution is -2.29. The molecule has 0 heterocycles. The Hall–Kier alpha value is -1.70. The van der Waals surface area contributed by atoms with Gasteiger partial charge in [-0.15, -0.1) is 0 Å². The quantitative estimate of drug-likeness (QED) is 0.735. The molecule has 1 aromatic rings. The second-order valence-corrected chi connectivity index (χ2v) is 3.94. The summed E-state index contributed by atoms with van der Waals surface area (Å²) >= 11 is 5.97. The van der Waals surface area contributed by atoms with E-state index in [4.69, 9.17) is 16.7 Å². The number of nitrogens with one attached hydrogen (secondary N) is 2. The molecule has 0 aliphatic rings. The molecule has 0 unspecified atom stereocenters. The maximum absolute atomic E-state index is 11.5. The predicted molar refractivity (Wildman–Crippen MR) is 72.7 cm³/mol. The third-order valence-electron chi connectivity index (χ3n) is 2.06. The van der Waals surface area contributed by atoms with Gasteiger partial charge in [0, 0.05) is 12.1 Å². The minimum atomic E-state index is -0.300. The molecule has 2 amide bonds. The molecule has 0 aliphatic heterocycles. The number of rotatable bonds is 3. The van der Waals surface area contributed by atoms with Crippen LogP contribution in [0.25, 0.3) is 0 Å². The van der Waals surface area contributed by atoms with E-state index in [1.807, 2.05) is 6.92 Å². The minimum Gasteiger partial charge on any atom is -0.384 e. The standard InChI is InChI=1S/C13H15ClN2O2/c1-2-7-15-13(18)16-12-9-10(4-3-8-17)5-6-11(12)14/h5-6,9,17H,2,7-8H2,1H3,(H2,15,16,18). The Morgan fingerprint density at radius 2 is 2.28 bits per heavy atom. The van der Waals surface area contributed by atoms with Crippen LogP contribution < -0.4 is 10.6 Å². The van der Waals surface area contributed by atoms with Crippen molar-refractivity contribution >= 4 is 23.3 Å². The van der Waals surface area contributed by atoms with E-state index in [9.17, 15) is 4.79 Å². The number of benzene rings is 1. The van der Waals surface area contributed by atoms with Crippen LogP contribution in [0.15, 0.2) is 18.2 Å². The summed E-state index contributed by atoms with van der Waals surface area (Å²) in [6.45, 7) is 2.37. The zero-order valence-electron chi connectivity index (χ0n) is 10.1. The molecule has 0 aliphatic carbocycles. The van der Waals surface area contributed by atoms with Gasteiger partial charge < -0.3 is 15.7 Å². The third-order valence-corrected chi connectivity index (χ3v) is 2.39. The Morgan fingerprint density at radius 3 is 2.94 bits per heavy atom. The van der Waals surface area contributed by atoms with Crippen molar-refractivity contribution in [2.45, 2.75) is 13.3 Å². The van der Waals surface area contributed by atoms with Crippen LogP contribution in [0.2, 0.25) is 5.02 Å². The fourth-order valence-electron chi connectivity index (χ4n) is 1.25. The van der Waals surface area contributed by atoms with Gasteiger partial charge in [0.05, 0.1) is 10.7 Å². The van der Waals surface area contributed by atoms with Crippen LogP contribution in [0.5, 0.6) is 0 Å². The molecule has 0 fully saturated rings. The maximum atomic E-state index is 11.5. The Bertz CT molecular complexity index is 478. The van der Waals surface area contributed by atoms with Crippen molar-refractivity contribution in [3.63, 3.8) is 0 Å². The van der Waals surface area contributed by atoms with E-state index in [-0.39, 0.29) is 12.6 Å². The number of carbonyl (C=O) groups excluding carboxylic acids is 1. The monoisotopic (exact) mass is 266 g/mol. The lowest BCUT2D eigenvalue weighted by Gasteiger charge is -2.08. The lowest BCUT2D eigenvalue weighted by atomic mass is 10.2. The van der Waals surface area contributed by atoms with E-state index in [0.717, 1.165) is 6.42 Å². The van der Waals surface area contributed by atoms with Crippen molar-refractivity contribution < 1.29 is 9.90 Å². The van der Waals surface area contributed by atoms with Crippen LogP contribution in [0.3, 0.4) is 0 Å². The SMILES string of the molecule is CCCNC(=O)Nc1cc(C#CCO)ccc1Cl. The smallest absolute Gasteiger partial charge is 0.319 e. The third kappa shape index (κ3) is 4.66. The van der Waals surface area contributed by atoms with Crippen LogP contribution in [0.1, 0.15) is 18.9 Å². The number of aliphatic hydroxyl groups is 1. The van der Waals surface area contributed by atoms with Gasteiger partial charge in [0.1, 0.15) is 6.61 Å². The number of carbonyl (C=O) groups is 1. The number of hydrogen-bond donors (Lipinski definition) is 3. The fourth-order valence-corrected chi connectivity index (χ4v) is 1.41.